The molecule has 0 bridgehead atoms. The fourth-order valence-corrected chi connectivity index (χ4v) is 1.07. The highest BCUT2D eigenvalue weighted by atomic mass is 79.9. The molecular formula is C5H11BrN2O2S. The Kier molecular flexibility index (Phi) is 8.20. The Balaban J connectivity index is 0. The van der Waals surface area contributed by atoms with Gasteiger partial charge in [-0.2, -0.15) is 0 Å². The van der Waals surface area contributed by atoms with E-state index in [1.165, 1.54) is 0 Å². The molecule has 0 saturated carbocycles. The monoisotopic (exact) mass is 242 g/mol. The van der Waals surface area contributed by atoms with Crippen molar-refractivity contribution in [1.82, 2.24) is 0 Å². The molecule has 0 radical (unpaired) electrons. The van der Waals surface area contributed by atoms with Crippen molar-refractivity contribution in [3.05, 3.63) is 0 Å². The second-order valence-corrected chi connectivity index (χ2v) is 3.03. The normalized spacial score (nSPS) is 11.2. The highest BCUT2D eigenvalue weighted by molar-refractivity contribution is 7.80. The standard InChI is InChI=1S/C5H10N2O2S.BrH/c1-2-3(4(8)9)10-5(6)7;/h3H,2,6-7H2,1H3;1H. The minimum atomic E-state index is -0.874. The second kappa shape index (κ2) is 6.66. The van der Waals surface area contributed by atoms with Crippen LogP contribution in [0.3, 0.4) is 0 Å². The average molecular weight is 243 g/mol. The number of rotatable bonds is 3. The first-order chi connectivity index (χ1) is 4.57. The minimum Gasteiger partial charge on any atom is -1.00 e. The molecule has 0 aliphatic heterocycles. The van der Waals surface area contributed by atoms with Crippen LogP contribution in [0.2, 0.25) is 0 Å². The largest absolute Gasteiger partial charge is 1.00 e. The van der Waals surface area contributed by atoms with Gasteiger partial charge in [0.25, 0.3) is 5.25 Å². The van der Waals surface area contributed by atoms with Crippen LogP contribution in [-0.2, 0) is 16.1 Å². The lowest BCUT2D eigenvalue weighted by molar-refractivity contribution is -0.136. The fraction of sp³-hybridized carbons (Fsp3) is 0.600. The van der Waals surface area contributed by atoms with E-state index in [0.29, 0.717) is 6.42 Å². The maximum atomic E-state index is 10.3. The van der Waals surface area contributed by atoms with E-state index in [0.717, 1.165) is 11.4 Å². The lowest BCUT2D eigenvalue weighted by Gasteiger charge is -1.89. The van der Waals surface area contributed by atoms with E-state index in [-0.39, 0.29) is 22.1 Å². The highest BCUT2D eigenvalue weighted by Gasteiger charge is 2.25. The summed E-state index contributed by atoms with van der Waals surface area (Å²) in [5, 5.41) is 8.07. The molecule has 4 nitrogen and oxygen atoms in total. The molecule has 6 heteroatoms. The quantitative estimate of drug-likeness (QED) is 0.347. The smallest absolute Gasteiger partial charge is 0.367 e. The van der Waals surface area contributed by atoms with Gasteiger partial charge in [-0.05, 0) is 0 Å². The molecule has 0 spiro atoms. The molecule has 66 valence electrons. The zero-order chi connectivity index (χ0) is 8.15. The van der Waals surface area contributed by atoms with Gasteiger partial charge in [0.05, 0.1) is 0 Å². The SMILES string of the molecule is CCC([S+]=C(N)N)C(=O)O.[Br-]. The summed E-state index contributed by atoms with van der Waals surface area (Å²) in [5.41, 5.74) is 10.2. The van der Waals surface area contributed by atoms with E-state index in [4.69, 9.17) is 16.6 Å². The van der Waals surface area contributed by atoms with Crippen LogP contribution in [0.4, 0.5) is 0 Å². The van der Waals surface area contributed by atoms with E-state index < -0.39 is 11.2 Å². The number of nitrogens with two attached hydrogens (primary N) is 2. The van der Waals surface area contributed by atoms with Crippen molar-refractivity contribution < 1.29 is 26.9 Å². The molecule has 0 fully saturated rings. The molecule has 0 amide bonds. The summed E-state index contributed by atoms with van der Waals surface area (Å²) >= 11 is 0.980. The van der Waals surface area contributed by atoms with E-state index in [9.17, 15) is 4.79 Å². The summed E-state index contributed by atoms with van der Waals surface area (Å²) in [6.45, 7) is 1.77. The summed E-state index contributed by atoms with van der Waals surface area (Å²) in [6.07, 6.45) is 0.526. The Labute approximate surface area is 79.7 Å². The van der Waals surface area contributed by atoms with Gasteiger partial charge in [-0.15, -0.1) is 0 Å². The van der Waals surface area contributed by atoms with Crippen LogP contribution in [0, 0.1) is 0 Å². The summed E-state index contributed by atoms with van der Waals surface area (Å²) in [6, 6.07) is 0. The molecule has 5 N–H and O–H groups in total. The van der Waals surface area contributed by atoms with Crippen molar-refractivity contribution in [3.8, 4) is 0 Å². The van der Waals surface area contributed by atoms with Gasteiger partial charge >= 0.3 is 11.1 Å². The molecule has 0 heterocycles. The number of aliphatic carboxylic acids is 1. The van der Waals surface area contributed by atoms with Gasteiger partial charge in [0.15, 0.2) is 0 Å². The zero-order valence-corrected chi connectivity index (χ0v) is 8.48. The number of carboxylic acid groups (broad SMARTS) is 1. The summed E-state index contributed by atoms with van der Waals surface area (Å²) in [4.78, 5) is 10.3. The summed E-state index contributed by atoms with van der Waals surface area (Å²) in [7, 11) is 0. The van der Waals surface area contributed by atoms with E-state index in [1.54, 1.807) is 6.92 Å². The first-order valence-electron chi connectivity index (χ1n) is 2.85. The summed E-state index contributed by atoms with van der Waals surface area (Å²) < 4.78 is 0. The number of hydrogen-bond acceptors (Lipinski definition) is 1. The molecule has 0 aromatic carbocycles. The third-order valence-electron chi connectivity index (χ3n) is 0.925. The van der Waals surface area contributed by atoms with Crippen LogP contribution >= 0.6 is 0 Å². The Morgan fingerprint density at radius 3 is 2.18 bits per heavy atom. The predicted octanol–water partition coefficient (Wildman–Crippen LogP) is -4.06. The maximum Gasteiger partial charge on any atom is 0.367 e. The van der Waals surface area contributed by atoms with Gasteiger partial charge in [-0.3, -0.25) is 0 Å². The third kappa shape index (κ3) is 6.36. The zero-order valence-electron chi connectivity index (χ0n) is 6.08. The molecule has 1 unspecified atom stereocenters. The Bertz CT molecular complexity index is 159. The van der Waals surface area contributed by atoms with Crippen LogP contribution in [0.1, 0.15) is 13.3 Å². The molecule has 0 aromatic rings. The molecule has 0 aliphatic carbocycles. The van der Waals surface area contributed by atoms with Gasteiger partial charge in [0.2, 0.25) is 11.4 Å². The second-order valence-electron chi connectivity index (χ2n) is 1.76. The van der Waals surface area contributed by atoms with E-state index in [2.05, 4.69) is 0 Å². The minimum absolute atomic E-state index is 0. The van der Waals surface area contributed by atoms with Crippen molar-refractivity contribution in [2.24, 2.45) is 11.5 Å². The van der Waals surface area contributed by atoms with Gasteiger partial charge in [-0.1, -0.05) is 6.92 Å². The first kappa shape index (κ1) is 13.5. The molecule has 0 rings (SSSR count). The molecule has 1 atom stereocenters. The maximum absolute atomic E-state index is 10.3. The fourth-order valence-electron chi connectivity index (χ4n) is 0.473. The lowest BCUT2D eigenvalue weighted by Crippen LogP contribution is -3.00. The Morgan fingerprint density at radius 1 is 1.64 bits per heavy atom. The first-order valence-corrected chi connectivity index (χ1v) is 3.73. The van der Waals surface area contributed by atoms with Gasteiger partial charge in [-0.25, -0.2) is 16.3 Å². The third-order valence-corrected chi connectivity index (χ3v) is 2.02. The number of halogens is 1. The molecule has 0 aliphatic rings. The van der Waals surface area contributed by atoms with E-state index in [1.807, 2.05) is 0 Å². The summed E-state index contributed by atoms with van der Waals surface area (Å²) in [5.74, 6) is -0.874. The van der Waals surface area contributed by atoms with Gasteiger partial charge in [0.1, 0.15) is 0 Å². The Morgan fingerprint density at radius 2 is 2.09 bits per heavy atom. The van der Waals surface area contributed by atoms with Crippen LogP contribution in [0.25, 0.3) is 0 Å². The van der Waals surface area contributed by atoms with Gasteiger partial charge in [0, 0.05) is 6.42 Å². The molecule has 11 heavy (non-hydrogen) atoms. The molecule has 0 saturated heterocycles. The topological polar surface area (TPSA) is 89.3 Å². The Hall–Kier alpha value is -0.0400. The highest BCUT2D eigenvalue weighted by Crippen LogP contribution is 1.92. The van der Waals surface area contributed by atoms with Crippen molar-refractivity contribution in [3.63, 3.8) is 0 Å². The van der Waals surface area contributed by atoms with Crippen molar-refractivity contribution in [2.45, 2.75) is 18.6 Å². The lowest BCUT2D eigenvalue weighted by atomic mass is 10.3. The number of carboxylic acids is 1. The van der Waals surface area contributed by atoms with Crippen LogP contribution in [-0.4, -0.2) is 21.4 Å². The predicted molar refractivity (Wildman–Crippen MR) is 42.5 cm³/mol. The van der Waals surface area contributed by atoms with Crippen molar-refractivity contribution in [2.75, 3.05) is 0 Å². The van der Waals surface area contributed by atoms with Crippen LogP contribution in [0.15, 0.2) is 0 Å². The van der Waals surface area contributed by atoms with E-state index >= 15 is 0 Å². The van der Waals surface area contributed by atoms with Crippen LogP contribution in [0.5, 0.6) is 0 Å². The van der Waals surface area contributed by atoms with Crippen molar-refractivity contribution >= 4 is 22.4 Å². The van der Waals surface area contributed by atoms with Crippen molar-refractivity contribution in [1.29, 1.82) is 0 Å². The van der Waals surface area contributed by atoms with Crippen LogP contribution < -0.4 is 28.4 Å². The van der Waals surface area contributed by atoms with Gasteiger partial charge < -0.3 is 22.1 Å². The number of carbonyl (C=O) groups is 1. The average Bonchev–Trinajstić information content (AvgIpc) is 1.81. The number of hydrogen-bond donors (Lipinski definition) is 3. The molecule has 0 aromatic heterocycles. The molecular weight excluding hydrogens is 232 g/mol.